The van der Waals surface area contributed by atoms with Crippen LogP contribution in [0, 0.1) is 50.7 Å². The van der Waals surface area contributed by atoms with Crippen molar-refractivity contribution in [3.63, 3.8) is 0 Å². The summed E-state index contributed by atoms with van der Waals surface area (Å²) in [7, 11) is 2.00. The number of ether oxygens (including phenoxy) is 1. The van der Waals surface area contributed by atoms with E-state index in [0.717, 1.165) is 63.5 Å². The minimum absolute atomic E-state index is 0.0641. The minimum Gasteiger partial charge on any atom is -0.481 e. The quantitative estimate of drug-likeness (QED) is 0.204. The zero-order valence-electron chi connectivity index (χ0n) is 33.5. The predicted molar refractivity (Wildman–Crippen MR) is 199 cm³/mol. The Morgan fingerprint density at radius 3 is 2.25 bits per heavy atom. The second kappa shape index (κ2) is 12.5. The third-order valence-electron chi connectivity index (χ3n) is 16.5. The number of ketones is 1. The fraction of sp³-hybridized carbons (Fsp3) is 0.814. The molecular formula is C43H66N2O6. The number of esters is 1. The SMILES string of the molecule is CCC(=O)Cn1c(=O)cc([C@]23CCC(C(C)C)=C2[C@H]2CC[C@@H]4[C@@]5(C)CC[C@H](OC(=O)CC(C)(C)C(=O)O)C(C)(C)[C@@H]5CC[C@@]4(C)[C@]2(C)CC3)n1C. The highest BCUT2D eigenvalue weighted by molar-refractivity contribution is 5.81. The van der Waals surface area contributed by atoms with Gasteiger partial charge in [-0.3, -0.25) is 23.9 Å². The summed E-state index contributed by atoms with van der Waals surface area (Å²) >= 11 is 0. The molecule has 0 unspecified atom stereocenters. The van der Waals surface area contributed by atoms with E-state index in [1.807, 2.05) is 24.7 Å². The molecule has 0 bridgehead atoms. The lowest BCUT2D eigenvalue weighted by Crippen LogP contribution is -2.66. The molecule has 4 saturated carbocycles. The first-order valence-corrected chi connectivity index (χ1v) is 20.1. The van der Waals surface area contributed by atoms with Gasteiger partial charge in [0.1, 0.15) is 12.6 Å². The highest BCUT2D eigenvalue weighted by Gasteiger charge is 2.70. The molecule has 1 heterocycles. The Morgan fingerprint density at radius 2 is 1.63 bits per heavy atom. The number of hydrogen-bond acceptors (Lipinski definition) is 5. The molecule has 51 heavy (non-hydrogen) atoms. The zero-order chi connectivity index (χ0) is 37.7. The average molecular weight is 707 g/mol. The molecule has 0 radical (unpaired) electrons. The largest absolute Gasteiger partial charge is 0.481 e. The van der Waals surface area contributed by atoms with E-state index in [0.29, 0.717) is 30.1 Å². The van der Waals surface area contributed by atoms with Gasteiger partial charge in [-0.1, -0.05) is 66.5 Å². The van der Waals surface area contributed by atoms with Gasteiger partial charge in [-0.2, -0.15) is 0 Å². The molecule has 5 aliphatic rings. The van der Waals surface area contributed by atoms with Gasteiger partial charge in [-0.25, -0.2) is 4.68 Å². The van der Waals surface area contributed by atoms with Crippen LogP contribution in [0.5, 0.6) is 0 Å². The summed E-state index contributed by atoms with van der Waals surface area (Å²) in [6.07, 6.45) is 10.7. The molecule has 1 N–H and O–H groups in total. The zero-order valence-corrected chi connectivity index (χ0v) is 33.5. The number of nitrogens with zero attached hydrogens (tertiary/aromatic N) is 2. The molecule has 1 aromatic heterocycles. The van der Waals surface area contributed by atoms with Gasteiger partial charge in [-0.15, -0.1) is 0 Å². The van der Waals surface area contributed by atoms with Crippen LogP contribution in [0.4, 0.5) is 0 Å². The summed E-state index contributed by atoms with van der Waals surface area (Å²) in [6, 6.07) is 1.87. The van der Waals surface area contributed by atoms with Crippen molar-refractivity contribution in [3.8, 4) is 0 Å². The molecule has 1 aromatic rings. The smallest absolute Gasteiger partial charge is 0.309 e. The van der Waals surface area contributed by atoms with Crippen molar-refractivity contribution >= 4 is 17.7 Å². The molecule has 0 amide bonds. The Labute approximate surface area is 306 Å². The normalized spacial score (nSPS) is 37.3. The van der Waals surface area contributed by atoms with E-state index < -0.39 is 17.4 Å². The maximum absolute atomic E-state index is 13.5. The number of rotatable bonds is 9. The molecule has 4 fully saturated rings. The molecular weight excluding hydrogens is 640 g/mol. The van der Waals surface area contributed by atoms with Crippen molar-refractivity contribution in [2.45, 2.75) is 164 Å². The van der Waals surface area contributed by atoms with Gasteiger partial charge in [0.05, 0.1) is 17.5 Å². The number of carbonyl (C=O) groups excluding carboxylic acids is 2. The summed E-state index contributed by atoms with van der Waals surface area (Å²) < 4.78 is 9.89. The predicted octanol–water partition coefficient (Wildman–Crippen LogP) is 8.63. The summed E-state index contributed by atoms with van der Waals surface area (Å²) in [5.74, 6) is 0.548. The number of aromatic nitrogens is 2. The van der Waals surface area contributed by atoms with Crippen LogP contribution in [-0.4, -0.2) is 38.3 Å². The molecule has 6 rings (SSSR count). The molecule has 5 aliphatic carbocycles. The number of hydrogen-bond donors (Lipinski definition) is 1. The summed E-state index contributed by atoms with van der Waals surface area (Å²) in [4.78, 5) is 50.8. The molecule has 8 nitrogen and oxygen atoms in total. The topological polar surface area (TPSA) is 108 Å². The Bertz CT molecular complexity index is 1690. The summed E-state index contributed by atoms with van der Waals surface area (Å²) in [6.45, 7) is 22.3. The van der Waals surface area contributed by atoms with Crippen LogP contribution in [0.2, 0.25) is 0 Å². The van der Waals surface area contributed by atoms with E-state index in [-0.39, 0.29) is 57.5 Å². The third-order valence-corrected chi connectivity index (χ3v) is 16.5. The molecule has 0 aromatic carbocycles. The lowest BCUT2D eigenvalue weighted by molar-refractivity contribution is -0.232. The van der Waals surface area contributed by atoms with Crippen molar-refractivity contribution in [2.24, 2.45) is 57.8 Å². The van der Waals surface area contributed by atoms with Crippen molar-refractivity contribution < 1.29 is 24.2 Å². The van der Waals surface area contributed by atoms with Gasteiger partial charge >= 0.3 is 11.9 Å². The van der Waals surface area contributed by atoms with Crippen LogP contribution in [0.1, 0.15) is 152 Å². The second-order valence-corrected chi connectivity index (χ2v) is 19.8. The van der Waals surface area contributed by atoms with E-state index in [9.17, 15) is 24.3 Å². The Morgan fingerprint density at radius 1 is 0.941 bits per heavy atom. The lowest BCUT2D eigenvalue weighted by Gasteiger charge is -2.72. The standard InChI is InChI=1S/C43H66N2O6/c1-12-27(46)25-45-34(47)23-32(44(45)11)43-20-15-28(26(2)3)36(43)29-13-14-31-40(8)18-17-33(51-35(48)24-38(4,5)37(49)50)39(6,7)30(40)16-19-42(31,10)41(29,9)21-22-43/h23,26,29-31,33H,12-22,24-25H2,1-11H3,(H,49,50)/t29-,30+,31-,33+,40+,41-,42-,43-/m1/s1. The van der Waals surface area contributed by atoms with E-state index in [4.69, 9.17) is 4.74 Å². The highest BCUT2D eigenvalue weighted by atomic mass is 16.5. The van der Waals surface area contributed by atoms with E-state index in [1.54, 1.807) is 29.7 Å². The van der Waals surface area contributed by atoms with Crippen LogP contribution in [0.3, 0.4) is 0 Å². The first-order chi connectivity index (χ1) is 23.6. The van der Waals surface area contributed by atoms with Crippen LogP contribution in [-0.2, 0) is 38.1 Å². The molecule has 8 atom stereocenters. The maximum Gasteiger partial charge on any atom is 0.309 e. The summed E-state index contributed by atoms with van der Waals surface area (Å²) in [5, 5.41) is 9.61. The fourth-order valence-electron chi connectivity index (χ4n) is 13.4. The molecule has 0 saturated heterocycles. The number of carboxylic acid groups (broad SMARTS) is 1. The van der Waals surface area contributed by atoms with Gasteiger partial charge in [0.15, 0.2) is 5.78 Å². The Balaban J connectivity index is 1.33. The third kappa shape index (κ3) is 5.48. The lowest BCUT2D eigenvalue weighted by atomic mass is 9.33. The number of carboxylic acids is 1. The van der Waals surface area contributed by atoms with Crippen molar-refractivity contribution in [1.82, 2.24) is 9.36 Å². The number of carbonyl (C=O) groups is 3. The number of Topliss-reactive ketones (excluding diaryl/α,β-unsaturated/α-hetero) is 1. The average Bonchev–Trinajstić information content (AvgIpc) is 3.56. The highest BCUT2D eigenvalue weighted by Crippen LogP contribution is 2.77. The first kappa shape index (κ1) is 38.1. The van der Waals surface area contributed by atoms with Crippen LogP contribution >= 0.6 is 0 Å². The van der Waals surface area contributed by atoms with Gasteiger partial charge in [0.2, 0.25) is 0 Å². The van der Waals surface area contributed by atoms with Gasteiger partial charge in [0, 0.05) is 30.4 Å². The maximum atomic E-state index is 13.5. The van der Waals surface area contributed by atoms with Gasteiger partial charge in [-0.05, 0) is 118 Å². The Hall–Kier alpha value is -2.64. The number of aliphatic carboxylic acids is 1. The van der Waals surface area contributed by atoms with E-state index in [1.165, 1.54) is 6.42 Å². The van der Waals surface area contributed by atoms with E-state index >= 15 is 0 Å². The van der Waals surface area contributed by atoms with Crippen molar-refractivity contribution in [3.05, 3.63) is 33.3 Å². The van der Waals surface area contributed by atoms with Crippen molar-refractivity contribution in [1.29, 1.82) is 0 Å². The molecule has 0 aliphatic heterocycles. The van der Waals surface area contributed by atoms with Crippen LogP contribution in [0.15, 0.2) is 22.0 Å². The minimum atomic E-state index is -1.15. The van der Waals surface area contributed by atoms with Crippen LogP contribution < -0.4 is 5.56 Å². The van der Waals surface area contributed by atoms with E-state index in [2.05, 4.69) is 48.5 Å². The Kier molecular flexibility index (Phi) is 9.31. The first-order valence-electron chi connectivity index (χ1n) is 20.1. The number of allylic oxidation sites excluding steroid dienone is 2. The molecule has 284 valence electrons. The second-order valence-electron chi connectivity index (χ2n) is 19.8. The fourth-order valence-corrected chi connectivity index (χ4v) is 13.4. The van der Waals surface area contributed by atoms with Crippen molar-refractivity contribution in [2.75, 3.05) is 0 Å². The van der Waals surface area contributed by atoms with Crippen LogP contribution in [0.25, 0.3) is 0 Å². The summed E-state index contributed by atoms with van der Waals surface area (Å²) in [5.41, 5.74) is 3.11. The van der Waals surface area contributed by atoms with Gasteiger partial charge < -0.3 is 9.84 Å². The van der Waals surface area contributed by atoms with Gasteiger partial charge in [0.25, 0.3) is 5.56 Å². The number of fused-ring (bicyclic) bond motifs is 7. The molecule has 8 heteroatoms. The monoisotopic (exact) mass is 706 g/mol. The molecule has 0 spiro atoms.